The van der Waals surface area contributed by atoms with E-state index < -0.39 is 12.0 Å². The average Bonchev–Trinajstić information content (AvgIpc) is 2.22. The number of halogens is 1. The van der Waals surface area contributed by atoms with Gasteiger partial charge in [-0.25, -0.2) is 0 Å². The van der Waals surface area contributed by atoms with Crippen LogP contribution in [0.2, 0.25) is 0 Å². The maximum atomic E-state index is 10.6. The SMILES string of the molecule is CCc1cc(Br)cc(CC(N)C(=O)O)c1O. The van der Waals surface area contributed by atoms with Crippen LogP contribution in [0.25, 0.3) is 0 Å². The third-order valence-corrected chi connectivity index (χ3v) is 2.83. The second-order valence-corrected chi connectivity index (χ2v) is 4.49. The first-order chi connectivity index (χ1) is 7.45. The van der Waals surface area contributed by atoms with E-state index in [0.717, 1.165) is 10.0 Å². The number of benzene rings is 1. The van der Waals surface area contributed by atoms with Crippen LogP contribution in [0, 0.1) is 0 Å². The Kier molecular flexibility index (Phi) is 4.32. The number of carbonyl (C=O) groups is 1. The van der Waals surface area contributed by atoms with E-state index in [2.05, 4.69) is 15.9 Å². The molecule has 1 unspecified atom stereocenters. The van der Waals surface area contributed by atoms with Crippen LogP contribution in [-0.2, 0) is 17.6 Å². The number of rotatable bonds is 4. The summed E-state index contributed by atoms with van der Waals surface area (Å²) in [4.78, 5) is 10.6. The summed E-state index contributed by atoms with van der Waals surface area (Å²) >= 11 is 3.32. The third kappa shape index (κ3) is 2.96. The normalized spacial score (nSPS) is 12.4. The van der Waals surface area contributed by atoms with E-state index >= 15 is 0 Å². The van der Waals surface area contributed by atoms with Crippen LogP contribution in [0.5, 0.6) is 5.75 Å². The highest BCUT2D eigenvalue weighted by Gasteiger charge is 2.16. The zero-order valence-electron chi connectivity index (χ0n) is 8.90. The molecule has 0 aliphatic rings. The topological polar surface area (TPSA) is 83.6 Å². The summed E-state index contributed by atoms with van der Waals surface area (Å²) in [5, 5.41) is 18.6. The van der Waals surface area contributed by atoms with Crippen LogP contribution >= 0.6 is 15.9 Å². The number of hydrogen-bond acceptors (Lipinski definition) is 3. The van der Waals surface area contributed by atoms with Gasteiger partial charge in [0.1, 0.15) is 11.8 Å². The maximum absolute atomic E-state index is 10.6. The van der Waals surface area contributed by atoms with E-state index in [4.69, 9.17) is 10.8 Å². The molecular formula is C11H14BrNO3. The van der Waals surface area contributed by atoms with E-state index in [1.165, 1.54) is 0 Å². The standard InChI is InChI=1S/C11H14BrNO3/c1-2-6-3-8(12)4-7(10(6)14)5-9(13)11(15)16/h3-4,9,14H,2,5,13H2,1H3,(H,15,16). The third-order valence-electron chi connectivity index (χ3n) is 2.37. The van der Waals surface area contributed by atoms with Gasteiger partial charge in [0.05, 0.1) is 0 Å². The first-order valence-corrected chi connectivity index (χ1v) is 5.73. The predicted octanol–water partition coefficient (Wildman–Crippen LogP) is 1.67. The molecule has 0 aliphatic carbocycles. The fourth-order valence-electron chi connectivity index (χ4n) is 1.47. The van der Waals surface area contributed by atoms with Crippen molar-refractivity contribution >= 4 is 21.9 Å². The first kappa shape index (κ1) is 13.0. The van der Waals surface area contributed by atoms with Gasteiger partial charge in [0, 0.05) is 10.9 Å². The minimum Gasteiger partial charge on any atom is -0.507 e. The highest BCUT2D eigenvalue weighted by molar-refractivity contribution is 9.10. The molecule has 0 spiro atoms. The van der Waals surface area contributed by atoms with Gasteiger partial charge in [0.2, 0.25) is 0 Å². The Hall–Kier alpha value is -1.07. The number of carboxylic acid groups (broad SMARTS) is 1. The van der Waals surface area contributed by atoms with Crippen LogP contribution in [0.15, 0.2) is 16.6 Å². The Balaban J connectivity index is 3.04. The molecule has 1 atom stereocenters. The number of hydrogen-bond donors (Lipinski definition) is 3. The van der Waals surface area contributed by atoms with Gasteiger partial charge in [0.25, 0.3) is 0 Å². The Bertz CT molecular complexity index is 406. The smallest absolute Gasteiger partial charge is 0.320 e. The lowest BCUT2D eigenvalue weighted by Crippen LogP contribution is -2.32. The van der Waals surface area contributed by atoms with Crippen molar-refractivity contribution in [1.82, 2.24) is 0 Å². The van der Waals surface area contributed by atoms with Gasteiger partial charge in [-0.3, -0.25) is 4.79 Å². The van der Waals surface area contributed by atoms with Gasteiger partial charge in [-0.1, -0.05) is 22.9 Å². The minimum atomic E-state index is -1.07. The van der Waals surface area contributed by atoms with Gasteiger partial charge >= 0.3 is 5.97 Å². The molecule has 0 fully saturated rings. The Morgan fingerprint density at radius 2 is 2.06 bits per heavy atom. The predicted molar refractivity (Wildman–Crippen MR) is 64.5 cm³/mol. The summed E-state index contributed by atoms with van der Waals surface area (Å²) in [6, 6.07) is 2.51. The molecule has 0 saturated carbocycles. The number of aromatic hydroxyl groups is 1. The van der Waals surface area contributed by atoms with Crippen molar-refractivity contribution in [2.45, 2.75) is 25.8 Å². The zero-order valence-corrected chi connectivity index (χ0v) is 10.5. The Morgan fingerprint density at radius 1 is 1.50 bits per heavy atom. The summed E-state index contributed by atoms with van der Waals surface area (Å²) in [5.41, 5.74) is 6.77. The Labute approximate surface area is 102 Å². The lowest BCUT2D eigenvalue weighted by Gasteiger charge is -2.12. The minimum absolute atomic E-state index is 0.119. The van der Waals surface area contributed by atoms with Crippen LogP contribution < -0.4 is 5.73 Å². The first-order valence-electron chi connectivity index (χ1n) is 4.94. The Morgan fingerprint density at radius 3 is 2.56 bits per heavy atom. The van der Waals surface area contributed by atoms with Gasteiger partial charge in [-0.2, -0.15) is 0 Å². The summed E-state index contributed by atoms with van der Waals surface area (Å²) in [6.07, 6.45) is 0.800. The van der Waals surface area contributed by atoms with Crippen LogP contribution in [0.3, 0.4) is 0 Å². The molecular weight excluding hydrogens is 274 g/mol. The molecule has 88 valence electrons. The van der Waals surface area contributed by atoms with E-state index in [-0.39, 0.29) is 12.2 Å². The molecule has 0 aromatic heterocycles. The summed E-state index contributed by atoms with van der Waals surface area (Å²) in [7, 11) is 0. The second kappa shape index (κ2) is 5.32. The van der Waals surface area contributed by atoms with E-state index in [1.54, 1.807) is 6.07 Å². The van der Waals surface area contributed by atoms with Gasteiger partial charge in [-0.15, -0.1) is 0 Å². The number of phenols is 1. The molecule has 0 radical (unpaired) electrons. The van der Waals surface area contributed by atoms with E-state index in [1.807, 2.05) is 13.0 Å². The molecule has 0 saturated heterocycles. The number of aliphatic carboxylic acids is 1. The van der Waals surface area contributed by atoms with Crippen LogP contribution in [-0.4, -0.2) is 22.2 Å². The highest BCUT2D eigenvalue weighted by atomic mass is 79.9. The number of nitrogens with two attached hydrogens (primary N) is 1. The largest absolute Gasteiger partial charge is 0.507 e. The molecule has 0 bridgehead atoms. The van der Waals surface area contributed by atoms with Crippen molar-refractivity contribution in [2.24, 2.45) is 5.73 Å². The monoisotopic (exact) mass is 287 g/mol. The van der Waals surface area contributed by atoms with Crippen molar-refractivity contribution in [2.75, 3.05) is 0 Å². The van der Waals surface area contributed by atoms with Crippen molar-refractivity contribution in [1.29, 1.82) is 0 Å². The van der Waals surface area contributed by atoms with Crippen molar-refractivity contribution in [3.05, 3.63) is 27.7 Å². The molecule has 1 aromatic rings. The molecule has 4 N–H and O–H groups in total. The fourth-order valence-corrected chi connectivity index (χ4v) is 2.02. The number of carboxylic acids is 1. The van der Waals surface area contributed by atoms with Crippen LogP contribution in [0.1, 0.15) is 18.1 Å². The van der Waals surface area contributed by atoms with Crippen LogP contribution in [0.4, 0.5) is 0 Å². The molecule has 1 aromatic carbocycles. The number of phenolic OH excluding ortho intramolecular Hbond substituents is 1. The molecule has 0 heterocycles. The quantitative estimate of drug-likeness (QED) is 0.787. The summed E-state index contributed by atoms with van der Waals surface area (Å²) < 4.78 is 0.815. The van der Waals surface area contributed by atoms with E-state index in [0.29, 0.717) is 12.0 Å². The molecule has 16 heavy (non-hydrogen) atoms. The molecule has 0 aliphatic heterocycles. The number of aryl methyl sites for hydroxylation is 1. The lowest BCUT2D eigenvalue weighted by atomic mass is 10.0. The van der Waals surface area contributed by atoms with Crippen molar-refractivity contribution in [3.63, 3.8) is 0 Å². The lowest BCUT2D eigenvalue weighted by molar-refractivity contribution is -0.138. The maximum Gasteiger partial charge on any atom is 0.320 e. The van der Waals surface area contributed by atoms with Crippen molar-refractivity contribution in [3.8, 4) is 5.75 Å². The summed E-state index contributed by atoms with van der Waals surface area (Å²) in [6.45, 7) is 1.92. The van der Waals surface area contributed by atoms with Gasteiger partial charge in [-0.05, 0) is 29.7 Å². The van der Waals surface area contributed by atoms with Gasteiger partial charge in [0.15, 0.2) is 0 Å². The molecule has 1 rings (SSSR count). The van der Waals surface area contributed by atoms with Crippen molar-refractivity contribution < 1.29 is 15.0 Å². The fraction of sp³-hybridized carbons (Fsp3) is 0.364. The van der Waals surface area contributed by atoms with E-state index in [9.17, 15) is 9.90 Å². The molecule has 5 heteroatoms. The highest BCUT2D eigenvalue weighted by Crippen LogP contribution is 2.28. The molecule has 4 nitrogen and oxygen atoms in total. The summed E-state index contributed by atoms with van der Waals surface area (Å²) in [5.74, 6) is -0.931. The molecule has 0 amide bonds. The average molecular weight is 288 g/mol. The second-order valence-electron chi connectivity index (χ2n) is 3.58. The zero-order chi connectivity index (χ0) is 12.3. The van der Waals surface area contributed by atoms with Gasteiger partial charge < -0.3 is 15.9 Å².